The fraction of sp³-hybridized carbons (Fsp3) is 0.235. The van der Waals surface area contributed by atoms with Crippen LogP contribution in [-0.2, 0) is 17.8 Å². The monoisotopic (exact) mass is 285 g/mol. The molecule has 4 nitrogen and oxygen atoms in total. The van der Waals surface area contributed by atoms with Crippen LogP contribution < -0.4 is 10.5 Å². The largest absolute Gasteiger partial charge is 0.489 e. The van der Waals surface area contributed by atoms with E-state index >= 15 is 0 Å². The summed E-state index contributed by atoms with van der Waals surface area (Å²) < 4.78 is 10.4. The van der Waals surface area contributed by atoms with Crippen LogP contribution >= 0.6 is 0 Å². The highest BCUT2D eigenvalue weighted by Crippen LogP contribution is 2.15. The summed E-state index contributed by atoms with van der Waals surface area (Å²) in [5.41, 5.74) is 8.24. The van der Waals surface area contributed by atoms with Gasteiger partial charge in [-0.05, 0) is 48.4 Å². The second kappa shape index (κ2) is 7.45. The van der Waals surface area contributed by atoms with E-state index in [0.717, 1.165) is 17.7 Å². The zero-order valence-corrected chi connectivity index (χ0v) is 12.0. The maximum Gasteiger partial charge on any atom is 0.337 e. The number of ether oxygens (including phenoxy) is 2. The first-order chi connectivity index (χ1) is 10.2. The van der Waals surface area contributed by atoms with Crippen molar-refractivity contribution in [3.8, 4) is 5.75 Å². The molecule has 0 aliphatic carbocycles. The molecule has 0 radical (unpaired) electrons. The Bertz CT molecular complexity index is 576. The highest BCUT2D eigenvalue weighted by molar-refractivity contribution is 5.89. The molecule has 2 aromatic carbocycles. The van der Waals surface area contributed by atoms with Gasteiger partial charge in [0.25, 0.3) is 0 Å². The van der Waals surface area contributed by atoms with Crippen molar-refractivity contribution in [1.29, 1.82) is 0 Å². The van der Waals surface area contributed by atoms with E-state index in [1.54, 1.807) is 12.1 Å². The normalized spacial score (nSPS) is 10.2. The van der Waals surface area contributed by atoms with E-state index < -0.39 is 0 Å². The molecular formula is C17H19NO3. The SMILES string of the molecule is COC(=O)c1ccc(COc2ccc(CCN)cc2)cc1. The summed E-state index contributed by atoms with van der Waals surface area (Å²) in [6.07, 6.45) is 0.870. The number of nitrogens with two attached hydrogens (primary N) is 1. The smallest absolute Gasteiger partial charge is 0.337 e. The minimum absolute atomic E-state index is 0.335. The summed E-state index contributed by atoms with van der Waals surface area (Å²) in [6, 6.07) is 15.1. The molecule has 0 heterocycles. The first-order valence-electron chi connectivity index (χ1n) is 6.82. The van der Waals surface area contributed by atoms with E-state index in [1.165, 1.54) is 12.7 Å². The van der Waals surface area contributed by atoms with Gasteiger partial charge in [-0.2, -0.15) is 0 Å². The summed E-state index contributed by atoms with van der Waals surface area (Å²) in [6.45, 7) is 1.10. The maximum atomic E-state index is 11.3. The molecule has 2 rings (SSSR count). The van der Waals surface area contributed by atoms with Crippen LogP contribution in [0.3, 0.4) is 0 Å². The number of esters is 1. The van der Waals surface area contributed by atoms with E-state index in [4.69, 9.17) is 10.5 Å². The number of benzene rings is 2. The standard InChI is InChI=1S/C17H19NO3/c1-20-17(19)15-6-2-14(3-7-15)12-21-16-8-4-13(5-9-16)10-11-18/h2-9H,10-12,18H2,1H3. The van der Waals surface area contributed by atoms with Crippen molar-refractivity contribution >= 4 is 5.97 Å². The van der Waals surface area contributed by atoms with E-state index in [0.29, 0.717) is 18.7 Å². The minimum Gasteiger partial charge on any atom is -0.489 e. The van der Waals surface area contributed by atoms with E-state index in [2.05, 4.69) is 4.74 Å². The third-order valence-corrected chi connectivity index (χ3v) is 3.14. The number of methoxy groups -OCH3 is 1. The molecule has 21 heavy (non-hydrogen) atoms. The molecule has 0 spiro atoms. The Morgan fingerprint density at radius 3 is 2.19 bits per heavy atom. The van der Waals surface area contributed by atoms with Gasteiger partial charge in [-0.15, -0.1) is 0 Å². The Kier molecular flexibility index (Phi) is 5.35. The summed E-state index contributed by atoms with van der Waals surface area (Å²) in [4.78, 5) is 11.3. The average Bonchev–Trinajstić information content (AvgIpc) is 2.54. The maximum absolute atomic E-state index is 11.3. The number of carbonyl (C=O) groups is 1. The lowest BCUT2D eigenvalue weighted by molar-refractivity contribution is 0.0600. The van der Waals surface area contributed by atoms with Crippen LogP contribution in [0.15, 0.2) is 48.5 Å². The third-order valence-electron chi connectivity index (χ3n) is 3.14. The molecule has 0 aliphatic rings. The van der Waals surface area contributed by atoms with Crippen LogP contribution in [0.1, 0.15) is 21.5 Å². The molecule has 0 amide bonds. The molecule has 4 heteroatoms. The lowest BCUT2D eigenvalue weighted by Gasteiger charge is -2.08. The highest BCUT2D eigenvalue weighted by atomic mass is 16.5. The Morgan fingerprint density at radius 1 is 1.00 bits per heavy atom. The molecule has 0 fully saturated rings. The van der Waals surface area contributed by atoms with Crippen LogP contribution in [0.5, 0.6) is 5.75 Å². The van der Waals surface area contributed by atoms with Gasteiger partial charge in [0.1, 0.15) is 12.4 Å². The van der Waals surface area contributed by atoms with Crippen molar-refractivity contribution in [2.24, 2.45) is 5.73 Å². The van der Waals surface area contributed by atoms with Gasteiger partial charge in [0.2, 0.25) is 0 Å². The molecule has 0 bridgehead atoms. The molecular weight excluding hydrogens is 266 g/mol. The third kappa shape index (κ3) is 4.33. The molecule has 0 aliphatic heterocycles. The topological polar surface area (TPSA) is 61.5 Å². The zero-order valence-electron chi connectivity index (χ0n) is 12.0. The van der Waals surface area contributed by atoms with Crippen molar-refractivity contribution < 1.29 is 14.3 Å². The van der Waals surface area contributed by atoms with Gasteiger partial charge in [-0.3, -0.25) is 0 Å². The van der Waals surface area contributed by atoms with Crippen molar-refractivity contribution in [1.82, 2.24) is 0 Å². The van der Waals surface area contributed by atoms with Crippen LogP contribution in [0.4, 0.5) is 0 Å². The van der Waals surface area contributed by atoms with E-state index in [9.17, 15) is 4.79 Å². The highest BCUT2D eigenvalue weighted by Gasteiger charge is 2.04. The molecule has 110 valence electrons. The molecule has 0 unspecified atom stereocenters. The van der Waals surface area contributed by atoms with Gasteiger partial charge in [0, 0.05) is 0 Å². The van der Waals surface area contributed by atoms with Gasteiger partial charge in [0.15, 0.2) is 0 Å². The Hall–Kier alpha value is -2.33. The number of hydrogen-bond acceptors (Lipinski definition) is 4. The van der Waals surface area contributed by atoms with E-state index in [-0.39, 0.29) is 5.97 Å². The molecule has 2 aromatic rings. The van der Waals surface area contributed by atoms with Gasteiger partial charge in [0.05, 0.1) is 12.7 Å². The summed E-state index contributed by atoms with van der Waals surface area (Å²) in [5, 5.41) is 0. The predicted octanol–water partition coefficient (Wildman–Crippen LogP) is 2.55. The summed E-state index contributed by atoms with van der Waals surface area (Å²) in [7, 11) is 1.37. The second-order valence-electron chi connectivity index (χ2n) is 4.66. The molecule has 0 atom stereocenters. The summed E-state index contributed by atoms with van der Waals surface area (Å²) >= 11 is 0. The molecule has 0 saturated heterocycles. The van der Waals surface area contributed by atoms with Crippen LogP contribution in [0.25, 0.3) is 0 Å². The van der Waals surface area contributed by atoms with Gasteiger partial charge < -0.3 is 15.2 Å². The second-order valence-corrected chi connectivity index (χ2v) is 4.66. The van der Waals surface area contributed by atoms with Crippen LogP contribution in [0, 0.1) is 0 Å². The van der Waals surface area contributed by atoms with Crippen LogP contribution in [-0.4, -0.2) is 19.6 Å². The fourth-order valence-electron chi connectivity index (χ4n) is 1.94. The molecule has 0 aromatic heterocycles. The van der Waals surface area contributed by atoms with Crippen molar-refractivity contribution in [2.45, 2.75) is 13.0 Å². The molecule has 2 N–H and O–H groups in total. The first kappa shape index (κ1) is 15.1. The number of hydrogen-bond donors (Lipinski definition) is 1. The van der Waals surface area contributed by atoms with Gasteiger partial charge in [-0.25, -0.2) is 4.79 Å². The predicted molar refractivity (Wildman–Crippen MR) is 81.3 cm³/mol. The first-order valence-corrected chi connectivity index (χ1v) is 6.82. The van der Waals surface area contributed by atoms with Crippen molar-refractivity contribution in [3.63, 3.8) is 0 Å². The lowest BCUT2D eigenvalue weighted by atomic mass is 10.1. The van der Waals surface area contributed by atoms with Crippen molar-refractivity contribution in [2.75, 3.05) is 13.7 Å². The Balaban J connectivity index is 1.91. The fourth-order valence-corrected chi connectivity index (χ4v) is 1.94. The molecule has 0 saturated carbocycles. The number of rotatable bonds is 6. The van der Waals surface area contributed by atoms with Gasteiger partial charge >= 0.3 is 5.97 Å². The van der Waals surface area contributed by atoms with Crippen molar-refractivity contribution in [3.05, 3.63) is 65.2 Å². The Morgan fingerprint density at radius 2 is 1.62 bits per heavy atom. The minimum atomic E-state index is -0.335. The van der Waals surface area contributed by atoms with E-state index in [1.807, 2.05) is 36.4 Å². The number of carbonyl (C=O) groups excluding carboxylic acids is 1. The van der Waals surface area contributed by atoms with Gasteiger partial charge in [-0.1, -0.05) is 24.3 Å². The zero-order chi connectivity index (χ0) is 15.1. The Labute approximate surface area is 124 Å². The summed E-state index contributed by atoms with van der Waals surface area (Å²) in [5.74, 6) is 0.478. The quantitative estimate of drug-likeness (QED) is 0.829. The average molecular weight is 285 g/mol. The lowest BCUT2D eigenvalue weighted by Crippen LogP contribution is -2.03. The van der Waals surface area contributed by atoms with Crippen LogP contribution in [0.2, 0.25) is 0 Å².